The van der Waals surface area contributed by atoms with Gasteiger partial charge in [-0.3, -0.25) is 15.2 Å². The number of piperazine rings is 1. The standard InChI is InChI=1S/C28H41N7O2/c1-20(2)32-26(36)34-14-12-33(13-15-34)24-8-10-31-35-18-21(16-25(24)35)23-7-6-22(17-29-23)28(37-5)9-11-30-27(3,4)19-28/h6-8,10,16-18,20,26,30,32,36H,9,11-15,19H2,1-5H3. The van der Waals surface area contributed by atoms with Crippen molar-refractivity contribution < 1.29 is 9.84 Å². The van der Waals surface area contributed by atoms with E-state index in [0.717, 1.165) is 73.6 Å². The molecule has 2 fully saturated rings. The average Bonchev–Trinajstić information content (AvgIpc) is 3.32. The van der Waals surface area contributed by atoms with E-state index in [2.05, 4.69) is 63.6 Å². The normalized spacial score (nSPS) is 23.6. The Labute approximate surface area is 219 Å². The van der Waals surface area contributed by atoms with Gasteiger partial charge in [-0.1, -0.05) is 6.07 Å². The van der Waals surface area contributed by atoms with E-state index in [-0.39, 0.29) is 17.2 Å². The molecule has 2 saturated heterocycles. The number of ether oxygens (including phenoxy) is 1. The molecule has 0 aliphatic carbocycles. The first-order valence-electron chi connectivity index (χ1n) is 13.4. The molecule has 0 saturated carbocycles. The van der Waals surface area contributed by atoms with Crippen LogP contribution in [0.25, 0.3) is 16.8 Å². The van der Waals surface area contributed by atoms with Crippen molar-refractivity contribution in [3.05, 3.63) is 48.4 Å². The van der Waals surface area contributed by atoms with Crippen LogP contribution in [0.3, 0.4) is 0 Å². The quantitative estimate of drug-likeness (QED) is 0.421. The molecular formula is C28H41N7O2. The van der Waals surface area contributed by atoms with Crippen LogP contribution >= 0.6 is 0 Å². The SMILES string of the molecule is COC1(c2ccc(-c3cc4c(N5CCN(C(O)NC(C)C)CC5)ccnn4c3)nc2)CCNC(C)(C)C1. The summed E-state index contributed by atoms with van der Waals surface area (Å²) in [5.74, 6) is 0. The summed E-state index contributed by atoms with van der Waals surface area (Å²) in [5.41, 5.74) is 5.00. The van der Waals surface area contributed by atoms with Crippen molar-refractivity contribution in [1.82, 2.24) is 30.1 Å². The third-order valence-electron chi connectivity index (χ3n) is 7.81. The van der Waals surface area contributed by atoms with Gasteiger partial charge in [0.05, 0.1) is 22.5 Å². The molecule has 3 N–H and O–H groups in total. The van der Waals surface area contributed by atoms with Gasteiger partial charge in [-0.2, -0.15) is 5.10 Å². The first kappa shape index (κ1) is 26.1. The van der Waals surface area contributed by atoms with Gasteiger partial charge in [0.1, 0.15) is 0 Å². The predicted octanol–water partition coefficient (Wildman–Crippen LogP) is 2.80. The zero-order chi connectivity index (χ0) is 26.2. The topological polar surface area (TPSA) is 90.2 Å². The molecule has 5 heterocycles. The lowest BCUT2D eigenvalue weighted by molar-refractivity contribution is -0.0638. The van der Waals surface area contributed by atoms with E-state index in [0.29, 0.717) is 0 Å². The van der Waals surface area contributed by atoms with Crippen LogP contribution in [0.4, 0.5) is 5.69 Å². The van der Waals surface area contributed by atoms with Crippen molar-refractivity contribution in [1.29, 1.82) is 0 Å². The van der Waals surface area contributed by atoms with E-state index in [1.807, 2.05) is 44.1 Å². The Morgan fingerprint density at radius 1 is 1.14 bits per heavy atom. The third-order valence-corrected chi connectivity index (χ3v) is 7.81. The van der Waals surface area contributed by atoms with Crippen molar-refractivity contribution in [2.75, 3.05) is 44.7 Å². The van der Waals surface area contributed by atoms with Crippen LogP contribution in [0, 0.1) is 0 Å². The molecule has 0 amide bonds. The lowest BCUT2D eigenvalue weighted by atomic mass is 9.77. The summed E-state index contributed by atoms with van der Waals surface area (Å²) in [6.45, 7) is 12.7. The number of pyridine rings is 1. The number of anilines is 1. The van der Waals surface area contributed by atoms with E-state index in [1.165, 1.54) is 0 Å². The van der Waals surface area contributed by atoms with Gasteiger partial charge in [0.25, 0.3) is 0 Å². The van der Waals surface area contributed by atoms with Gasteiger partial charge < -0.3 is 20.1 Å². The fraction of sp³-hybridized carbons (Fsp3) is 0.571. The number of aliphatic hydroxyl groups excluding tert-OH is 1. The van der Waals surface area contributed by atoms with Gasteiger partial charge in [-0.25, -0.2) is 4.52 Å². The number of aliphatic hydroxyl groups is 1. The highest BCUT2D eigenvalue weighted by atomic mass is 16.5. The molecule has 0 radical (unpaired) electrons. The summed E-state index contributed by atoms with van der Waals surface area (Å²) in [7, 11) is 1.81. The fourth-order valence-electron chi connectivity index (χ4n) is 5.86. The lowest BCUT2D eigenvalue weighted by Crippen LogP contribution is -2.56. The van der Waals surface area contributed by atoms with Gasteiger partial charge in [0, 0.05) is 74.6 Å². The molecule has 2 aliphatic heterocycles. The Kier molecular flexibility index (Phi) is 7.26. The molecule has 3 aromatic rings. The van der Waals surface area contributed by atoms with Crippen molar-refractivity contribution in [3.8, 4) is 11.3 Å². The van der Waals surface area contributed by atoms with Gasteiger partial charge in [0.2, 0.25) is 0 Å². The number of nitrogens with zero attached hydrogens (tertiary/aromatic N) is 5. The summed E-state index contributed by atoms with van der Waals surface area (Å²) in [6.07, 6.45) is 7.10. The van der Waals surface area contributed by atoms with E-state index < -0.39 is 6.35 Å². The summed E-state index contributed by atoms with van der Waals surface area (Å²) in [6, 6.07) is 8.75. The molecule has 0 bridgehead atoms. The number of fused-ring (bicyclic) bond motifs is 1. The Morgan fingerprint density at radius 3 is 2.57 bits per heavy atom. The van der Waals surface area contributed by atoms with E-state index in [4.69, 9.17) is 9.72 Å². The third kappa shape index (κ3) is 5.37. The van der Waals surface area contributed by atoms with Crippen molar-refractivity contribution in [2.45, 2.75) is 64.1 Å². The van der Waals surface area contributed by atoms with Crippen molar-refractivity contribution in [3.63, 3.8) is 0 Å². The largest absolute Gasteiger partial charge is 0.373 e. The summed E-state index contributed by atoms with van der Waals surface area (Å²) < 4.78 is 8.03. The predicted molar refractivity (Wildman–Crippen MR) is 146 cm³/mol. The molecule has 9 heteroatoms. The Hall–Kier alpha value is -2.56. The molecular weight excluding hydrogens is 466 g/mol. The number of nitrogens with one attached hydrogen (secondary N) is 2. The van der Waals surface area contributed by atoms with Crippen LogP contribution < -0.4 is 15.5 Å². The second-order valence-corrected chi connectivity index (χ2v) is 11.4. The van der Waals surface area contributed by atoms with Crippen LogP contribution in [-0.2, 0) is 10.3 Å². The van der Waals surface area contributed by atoms with Crippen LogP contribution in [0.1, 0.15) is 46.1 Å². The summed E-state index contributed by atoms with van der Waals surface area (Å²) in [4.78, 5) is 9.31. The molecule has 2 aliphatic rings. The maximum absolute atomic E-state index is 10.4. The smallest absolute Gasteiger partial charge is 0.163 e. The molecule has 2 atom stereocenters. The molecule has 200 valence electrons. The van der Waals surface area contributed by atoms with Crippen LogP contribution in [-0.4, -0.2) is 82.4 Å². The molecule has 5 rings (SSSR count). The number of rotatable bonds is 7. The fourth-order valence-corrected chi connectivity index (χ4v) is 5.86. The Morgan fingerprint density at radius 2 is 1.92 bits per heavy atom. The van der Waals surface area contributed by atoms with Crippen LogP contribution in [0.5, 0.6) is 0 Å². The highest BCUT2D eigenvalue weighted by molar-refractivity contribution is 5.79. The maximum Gasteiger partial charge on any atom is 0.163 e. The highest BCUT2D eigenvalue weighted by Gasteiger charge is 2.41. The van der Waals surface area contributed by atoms with Crippen LogP contribution in [0.2, 0.25) is 0 Å². The number of aromatic nitrogens is 3. The minimum Gasteiger partial charge on any atom is -0.373 e. The first-order valence-corrected chi connectivity index (χ1v) is 13.4. The van der Waals surface area contributed by atoms with Crippen LogP contribution in [0.15, 0.2) is 42.9 Å². The average molecular weight is 508 g/mol. The zero-order valence-corrected chi connectivity index (χ0v) is 22.7. The summed E-state index contributed by atoms with van der Waals surface area (Å²) >= 11 is 0. The van der Waals surface area contributed by atoms with E-state index in [9.17, 15) is 5.11 Å². The first-order chi connectivity index (χ1) is 17.7. The highest BCUT2D eigenvalue weighted by Crippen LogP contribution is 2.40. The Balaban J connectivity index is 1.35. The molecule has 0 spiro atoms. The van der Waals surface area contributed by atoms with Crippen molar-refractivity contribution in [2.24, 2.45) is 0 Å². The monoisotopic (exact) mass is 507 g/mol. The van der Waals surface area contributed by atoms with Crippen molar-refractivity contribution >= 4 is 11.2 Å². The van der Waals surface area contributed by atoms with E-state index in [1.54, 1.807) is 0 Å². The van der Waals surface area contributed by atoms with Gasteiger partial charge in [-0.05, 0) is 65.3 Å². The molecule has 9 nitrogen and oxygen atoms in total. The maximum atomic E-state index is 10.4. The van der Waals surface area contributed by atoms with Gasteiger partial charge >= 0.3 is 0 Å². The number of hydrogen-bond acceptors (Lipinski definition) is 8. The molecule has 37 heavy (non-hydrogen) atoms. The molecule has 2 unspecified atom stereocenters. The van der Waals surface area contributed by atoms with Gasteiger partial charge in [-0.15, -0.1) is 0 Å². The summed E-state index contributed by atoms with van der Waals surface area (Å²) in [5, 5.41) is 21.8. The second-order valence-electron chi connectivity index (χ2n) is 11.4. The molecule has 3 aromatic heterocycles. The van der Waals surface area contributed by atoms with Gasteiger partial charge in [0.15, 0.2) is 6.35 Å². The number of methoxy groups -OCH3 is 1. The minimum absolute atomic E-state index is 0.0174. The Bertz CT molecular complexity index is 1200. The number of hydrogen-bond donors (Lipinski definition) is 3. The number of piperidine rings is 1. The molecule has 0 aromatic carbocycles. The zero-order valence-electron chi connectivity index (χ0n) is 22.7. The minimum atomic E-state index is -0.609. The lowest BCUT2D eigenvalue weighted by Gasteiger charge is -2.45. The second kappa shape index (κ2) is 10.3. The van der Waals surface area contributed by atoms with E-state index >= 15 is 0 Å².